The first-order valence-electron chi connectivity index (χ1n) is 8.66. The van der Waals surface area contributed by atoms with Crippen LogP contribution >= 0.6 is 0 Å². The molecule has 5 nitrogen and oxygen atoms in total. The van der Waals surface area contributed by atoms with Crippen LogP contribution in [0.4, 0.5) is 0 Å². The summed E-state index contributed by atoms with van der Waals surface area (Å²) >= 11 is 0. The summed E-state index contributed by atoms with van der Waals surface area (Å²) in [5, 5.41) is 0. The lowest BCUT2D eigenvalue weighted by Crippen LogP contribution is -2.53. The summed E-state index contributed by atoms with van der Waals surface area (Å²) in [6.07, 6.45) is 4.35. The van der Waals surface area contributed by atoms with Crippen molar-refractivity contribution in [2.24, 2.45) is 5.92 Å². The van der Waals surface area contributed by atoms with E-state index in [4.69, 9.17) is 0 Å². The van der Waals surface area contributed by atoms with Gasteiger partial charge in [0.25, 0.3) is 0 Å². The van der Waals surface area contributed by atoms with Gasteiger partial charge in [-0.05, 0) is 44.7 Å². The highest BCUT2D eigenvalue weighted by molar-refractivity contribution is 5.83. The van der Waals surface area contributed by atoms with E-state index in [0.717, 1.165) is 43.6 Å². The molecule has 4 rings (SSSR count). The Balaban J connectivity index is 1.52. The van der Waals surface area contributed by atoms with Crippen LogP contribution in [0.2, 0.25) is 0 Å². The first-order valence-corrected chi connectivity index (χ1v) is 8.66. The van der Waals surface area contributed by atoms with E-state index >= 15 is 0 Å². The van der Waals surface area contributed by atoms with Crippen LogP contribution in [0.1, 0.15) is 43.5 Å². The average molecular weight is 313 g/mol. The van der Waals surface area contributed by atoms with Crippen molar-refractivity contribution < 1.29 is 9.59 Å². The molecule has 1 aromatic rings. The molecule has 2 saturated heterocycles. The Bertz CT molecular complexity index is 641. The van der Waals surface area contributed by atoms with Gasteiger partial charge in [0.05, 0.1) is 24.3 Å². The molecule has 0 aromatic carbocycles. The Morgan fingerprint density at radius 3 is 2.78 bits per heavy atom. The monoisotopic (exact) mass is 313 g/mol. The van der Waals surface area contributed by atoms with Gasteiger partial charge in [-0.3, -0.25) is 14.6 Å². The molecular weight excluding hydrogens is 290 g/mol. The first-order chi connectivity index (χ1) is 11.1. The molecule has 2 atom stereocenters. The van der Waals surface area contributed by atoms with Crippen LogP contribution in [0.3, 0.4) is 0 Å². The highest BCUT2D eigenvalue weighted by Gasteiger charge is 2.47. The molecule has 1 aromatic heterocycles. The number of carbonyl (C=O) groups excluding carboxylic acids is 2. The second-order valence-corrected chi connectivity index (χ2v) is 7.06. The quantitative estimate of drug-likeness (QED) is 0.856. The lowest BCUT2D eigenvalue weighted by Gasteiger charge is -2.39. The van der Waals surface area contributed by atoms with Gasteiger partial charge in [-0.15, -0.1) is 0 Å². The maximum atomic E-state index is 12.5. The van der Waals surface area contributed by atoms with Crippen LogP contribution in [0.25, 0.3) is 0 Å². The van der Waals surface area contributed by atoms with Crippen molar-refractivity contribution in [3.63, 3.8) is 0 Å². The van der Waals surface area contributed by atoms with E-state index in [-0.39, 0.29) is 23.9 Å². The summed E-state index contributed by atoms with van der Waals surface area (Å²) in [6, 6.07) is 6.31. The smallest absolute Gasteiger partial charge is 0.226 e. The normalized spacial score (nSPS) is 27.3. The molecule has 122 valence electrons. The summed E-state index contributed by atoms with van der Waals surface area (Å²) in [6.45, 7) is 3.33. The largest absolute Gasteiger partial charge is 0.337 e. The van der Waals surface area contributed by atoms with E-state index in [1.54, 1.807) is 0 Å². The van der Waals surface area contributed by atoms with Crippen LogP contribution in [0.5, 0.6) is 0 Å². The molecule has 23 heavy (non-hydrogen) atoms. The molecule has 1 aliphatic carbocycles. The topological polar surface area (TPSA) is 53.5 Å². The maximum absolute atomic E-state index is 12.5. The number of rotatable bonds is 3. The molecule has 0 N–H and O–H groups in total. The summed E-state index contributed by atoms with van der Waals surface area (Å²) in [4.78, 5) is 33.5. The second-order valence-electron chi connectivity index (χ2n) is 7.06. The Labute approximate surface area is 136 Å². The fraction of sp³-hybridized carbons (Fsp3) is 0.611. The number of hydrogen-bond donors (Lipinski definition) is 0. The maximum Gasteiger partial charge on any atom is 0.226 e. The van der Waals surface area contributed by atoms with E-state index < -0.39 is 0 Å². The minimum atomic E-state index is 0.168. The van der Waals surface area contributed by atoms with Crippen LogP contribution in [-0.4, -0.2) is 45.2 Å². The minimum Gasteiger partial charge on any atom is -0.337 e. The predicted molar refractivity (Wildman–Crippen MR) is 85.4 cm³/mol. The highest BCUT2D eigenvalue weighted by Crippen LogP contribution is 2.37. The minimum absolute atomic E-state index is 0.168. The number of aromatic nitrogens is 1. The van der Waals surface area contributed by atoms with Gasteiger partial charge in [0.15, 0.2) is 0 Å². The number of amides is 2. The van der Waals surface area contributed by atoms with Crippen molar-refractivity contribution in [2.75, 3.05) is 6.54 Å². The standard InChI is InChI=1S/C18H23N3O2/c1-12-3-2-4-14(19-12)11-21-16-9-10-20(18(23)13-5-6-13)15(16)7-8-17(21)22/h2-4,13,15-16H,5-11H2,1H3/t15-,16-/m1/s1. The summed E-state index contributed by atoms with van der Waals surface area (Å²) in [5.74, 6) is 0.786. The fourth-order valence-electron chi connectivity index (χ4n) is 4.05. The molecule has 3 aliphatic rings. The SMILES string of the molecule is Cc1cccc(CN2C(=O)CC[C@@H]3[C@H]2CCN3C(=O)C2CC2)n1. The Morgan fingerprint density at radius 2 is 2.04 bits per heavy atom. The Kier molecular flexibility index (Phi) is 3.58. The third-order valence-corrected chi connectivity index (χ3v) is 5.37. The summed E-state index contributed by atoms with van der Waals surface area (Å²) in [7, 11) is 0. The molecular formula is C18H23N3O2. The lowest BCUT2D eigenvalue weighted by atomic mass is 9.95. The van der Waals surface area contributed by atoms with Crippen LogP contribution < -0.4 is 0 Å². The number of hydrogen-bond acceptors (Lipinski definition) is 3. The van der Waals surface area contributed by atoms with Gasteiger partial charge in [0.1, 0.15) is 0 Å². The average Bonchev–Trinajstić information content (AvgIpc) is 3.29. The van der Waals surface area contributed by atoms with E-state index in [1.165, 1.54) is 0 Å². The summed E-state index contributed by atoms with van der Waals surface area (Å²) < 4.78 is 0. The van der Waals surface area contributed by atoms with Crippen molar-refractivity contribution in [1.29, 1.82) is 0 Å². The van der Waals surface area contributed by atoms with Crippen LogP contribution in [0, 0.1) is 12.8 Å². The molecule has 5 heteroatoms. The zero-order valence-corrected chi connectivity index (χ0v) is 13.6. The van der Waals surface area contributed by atoms with E-state index in [0.29, 0.717) is 18.9 Å². The first kappa shape index (κ1) is 14.7. The van der Waals surface area contributed by atoms with Crippen molar-refractivity contribution >= 4 is 11.8 Å². The van der Waals surface area contributed by atoms with Gasteiger partial charge in [-0.25, -0.2) is 0 Å². The van der Waals surface area contributed by atoms with E-state index in [2.05, 4.69) is 9.88 Å². The molecule has 3 fully saturated rings. The number of pyridine rings is 1. The molecule has 2 amide bonds. The van der Waals surface area contributed by atoms with Crippen LogP contribution in [-0.2, 0) is 16.1 Å². The Hall–Kier alpha value is -1.91. The van der Waals surface area contributed by atoms with Gasteiger partial charge >= 0.3 is 0 Å². The predicted octanol–water partition coefficient (Wildman–Crippen LogP) is 1.89. The second kappa shape index (κ2) is 5.62. The fourth-order valence-corrected chi connectivity index (χ4v) is 4.05. The summed E-state index contributed by atoms with van der Waals surface area (Å²) in [5.41, 5.74) is 1.91. The lowest BCUT2D eigenvalue weighted by molar-refractivity contribution is -0.143. The van der Waals surface area contributed by atoms with Gasteiger partial charge in [0.2, 0.25) is 11.8 Å². The molecule has 2 aliphatic heterocycles. The van der Waals surface area contributed by atoms with Crippen LogP contribution in [0.15, 0.2) is 18.2 Å². The van der Waals surface area contributed by atoms with Gasteiger partial charge in [-0.2, -0.15) is 0 Å². The molecule has 0 radical (unpaired) electrons. The van der Waals surface area contributed by atoms with Crippen molar-refractivity contribution in [3.8, 4) is 0 Å². The molecule has 0 bridgehead atoms. The number of likely N-dealkylation sites (tertiary alicyclic amines) is 2. The molecule has 1 saturated carbocycles. The Morgan fingerprint density at radius 1 is 1.22 bits per heavy atom. The van der Waals surface area contributed by atoms with Crippen molar-refractivity contribution in [2.45, 2.75) is 57.7 Å². The van der Waals surface area contributed by atoms with Gasteiger partial charge < -0.3 is 9.80 Å². The number of aryl methyl sites for hydroxylation is 1. The molecule has 3 heterocycles. The number of fused-ring (bicyclic) bond motifs is 1. The zero-order valence-electron chi connectivity index (χ0n) is 13.6. The van der Waals surface area contributed by atoms with Gasteiger partial charge in [-0.1, -0.05) is 6.07 Å². The molecule has 0 spiro atoms. The zero-order chi connectivity index (χ0) is 16.0. The highest BCUT2D eigenvalue weighted by atomic mass is 16.2. The third-order valence-electron chi connectivity index (χ3n) is 5.37. The van der Waals surface area contributed by atoms with E-state index in [9.17, 15) is 9.59 Å². The van der Waals surface area contributed by atoms with Crippen molar-refractivity contribution in [3.05, 3.63) is 29.6 Å². The number of carbonyl (C=O) groups is 2. The van der Waals surface area contributed by atoms with E-state index in [1.807, 2.05) is 30.0 Å². The number of nitrogens with zero attached hydrogens (tertiary/aromatic N) is 3. The third kappa shape index (κ3) is 2.73. The molecule has 0 unspecified atom stereocenters. The number of piperidine rings is 1. The van der Waals surface area contributed by atoms with Gasteiger partial charge in [0, 0.05) is 24.6 Å². The van der Waals surface area contributed by atoms with Crippen molar-refractivity contribution in [1.82, 2.24) is 14.8 Å².